The standard InChI is InChI=1S/C18H23N5O3/c1-13(24)22(2)8-9-23(3)17-11-20-12-18(21-17)26-15-6-4-14(5-7-15)10-16(19)25/h4-7,11-12H,8-10H2,1-3H3,(H2,19,25). The van der Waals surface area contributed by atoms with Crippen molar-refractivity contribution in [2.45, 2.75) is 13.3 Å². The van der Waals surface area contributed by atoms with Gasteiger partial charge in [-0.05, 0) is 17.7 Å². The van der Waals surface area contributed by atoms with Crippen molar-refractivity contribution in [1.29, 1.82) is 0 Å². The maximum Gasteiger partial charge on any atom is 0.239 e. The number of amides is 2. The molecule has 2 rings (SSSR count). The summed E-state index contributed by atoms with van der Waals surface area (Å²) in [6, 6.07) is 7.05. The summed E-state index contributed by atoms with van der Waals surface area (Å²) in [7, 11) is 3.63. The molecule has 8 nitrogen and oxygen atoms in total. The van der Waals surface area contributed by atoms with E-state index in [1.807, 2.05) is 11.9 Å². The fourth-order valence-corrected chi connectivity index (χ4v) is 2.14. The van der Waals surface area contributed by atoms with Crippen molar-refractivity contribution in [2.24, 2.45) is 5.73 Å². The minimum atomic E-state index is -0.379. The Morgan fingerprint density at radius 2 is 1.81 bits per heavy atom. The topological polar surface area (TPSA) is 102 Å². The molecule has 138 valence electrons. The van der Waals surface area contributed by atoms with Gasteiger partial charge in [-0.1, -0.05) is 12.1 Å². The Kier molecular flexibility index (Phi) is 6.48. The number of carbonyl (C=O) groups excluding carboxylic acids is 2. The highest BCUT2D eigenvalue weighted by atomic mass is 16.5. The number of nitrogens with zero attached hydrogens (tertiary/aromatic N) is 4. The zero-order valence-electron chi connectivity index (χ0n) is 15.2. The third-order valence-corrected chi connectivity index (χ3v) is 3.82. The third kappa shape index (κ3) is 5.73. The average molecular weight is 357 g/mol. The van der Waals surface area contributed by atoms with Gasteiger partial charge in [-0.15, -0.1) is 0 Å². The lowest BCUT2D eigenvalue weighted by atomic mass is 10.1. The van der Waals surface area contributed by atoms with E-state index < -0.39 is 0 Å². The smallest absolute Gasteiger partial charge is 0.239 e. The van der Waals surface area contributed by atoms with Crippen molar-refractivity contribution in [3.05, 3.63) is 42.2 Å². The van der Waals surface area contributed by atoms with Crippen LogP contribution in [0.1, 0.15) is 12.5 Å². The first kappa shape index (κ1) is 19.2. The van der Waals surface area contributed by atoms with Crippen LogP contribution in [0.25, 0.3) is 0 Å². The lowest BCUT2D eigenvalue weighted by Crippen LogP contribution is -2.33. The molecule has 0 saturated heterocycles. The van der Waals surface area contributed by atoms with Gasteiger partial charge < -0.3 is 20.3 Å². The Morgan fingerprint density at radius 3 is 2.42 bits per heavy atom. The summed E-state index contributed by atoms with van der Waals surface area (Å²) in [4.78, 5) is 34.3. The summed E-state index contributed by atoms with van der Waals surface area (Å²) >= 11 is 0. The van der Waals surface area contributed by atoms with Crippen LogP contribution in [0.15, 0.2) is 36.7 Å². The third-order valence-electron chi connectivity index (χ3n) is 3.82. The van der Waals surface area contributed by atoms with E-state index in [0.29, 0.717) is 30.5 Å². The van der Waals surface area contributed by atoms with Crippen molar-refractivity contribution >= 4 is 17.6 Å². The number of nitrogens with two attached hydrogens (primary N) is 1. The van der Waals surface area contributed by atoms with Gasteiger partial charge in [-0.3, -0.25) is 14.6 Å². The van der Waals surface area contributed by atoms with Gasteiger partial charge in [-0.2, -0.15) is 4.98 Å². The SMILES string of the molecule is CC(=O)N(C)CCN(C)c1cncc(Oc2ccc(CC(N)=O)cc2)n1. The second-order valence-corrected chi connectivity index (χ2v) is 5.97. The van der Waals surface area contributed by atoms with Crippen LogP contribution in [0, 0.1) is 0 Å². The maximum atomic E-state index is 11.3. The molecule has 1 heterocycles. The zero-order valence-corrected chi connectivity index (χ0v) is 15.2. The number of carbonyl (C=O) groups is 2. The Morgan fingerprint density at radius 1 is 1.12 bits per heavy atom. The van der Waals surface area contributed by atoms with Gasteiger partial charge in [0.25, 0.3) is 0 Å². The quantitative estimate of drug-likeness (QED) is 0.762. The number of hydrogen-bond donors (Lipinski definition) is 1. The van der Waals surface area contributed by atoms with Crippen LogP contribution in [0.4, 0.5) is 5.82 Å². The van der Waals surface area contributed by atoms with Crippen molar-refractivity contribution in [3.8, 4) is 11.6 Å². The Labute approximate surface area is 152 Å². The van der Waals surface area contributed by atoms with Crippen LogP contribution in [0.3, 0.4) is 0 Å². The zero-order chi connectivity index (χ0) is 19.1. The second-order valence-electron chi connectivity index (χ2n) is 5.97. The van der Waals surface area contributed by atoms with Crippen molar-refractivity contribution in [1.82, 2.24) is 14.9 Å². The van der Waals surface area contributed by atoms with Crippen LogP contribution in [0.2, 0.25) is 0 Å². The molecule has 2 N–H and O–H groups in total. The fraction of sp³-hybridized carbons (Fsp3) is 0.333. The molecular weight excluding hydrogens is 334 g/mol. The molecule has 0 fully saturated rings. The van der Waals surface area contributed by atoms with E-state index in [-0.39, 0.29) is 18.2 Å². The molecule has 0 atom stereocenters. The molecule has 0 spiro atoms. The lowest BCUT2D eigenvalue weighted by molar-refractivity contribution is -0.127. The normalized spacial score (nSPS) is 10.3. The molecular formula is C18H23N5O3. The monoisotopic (exact) mass is 357 g/mol. The molecule has 0 saturated carbocycles. The van der Waals surface area contributed by atoms with Crippen LogP contribution >= 0.6 is 0 Å². The maximum absolute atomic E-state index is 11.3. The molecule has 1 aromatic carbocycles. The fourth-order valence-electron chi connectivity index (χ4n) is 2.14. The van der Waals surface area contributed by atoms with Crippen LogP contribution in [-0.2, 0) is 16.0 Å². The molecule has 8 heteroatoms. The minimum absolute atomic E-state index is 0.0151. The van der Waals surface area contributed by atoms with Crippen LogP contribution in [0.5, 0.6) is 11.6 Å². The second kappa shape index (κ2) is 8.80. The van der Waals surface area contributed by atoms with Crippen molar-refractivity contribution < 1.29 is 14.3 Å². The Hall–Kier alpha value is -3.16. The van der Waals surface area contributed by atoms with Crippen molar-refractivity contribution in [3.63, 3.8) is 0 Å². The Balaban J connectivity index is 1.99. The number of anilines is 1. The minimum Gasteiger partial charge on any atom is -0.437 e. The highest BCUT2D eigenvalue weighted by Crippen LogP contribution is 2.21. The summed E-state index contributed by atoms with van der Waals surface area (Å²) in [5.41, 5.74) is 5.99. The average Bonchev–Trinajstić information content (AvgIpc) is 2.60. The van der Waals surface area contributed by atoms with E-state index in [2.05, 4.69) is 9.97 Å². The van der Waals surface area contributed by atoms with Gasteiger partial charge in [0.15, 0.2) is 5.82 Å². The van der Waals surface area contributed by atoms with E-state index in [9.17, 15) is 9.59 Å². The van der Waals surface area contributed by atoms with Gasteiger partial charge in [0, 0.05) is 34.1 Å². The summed E-state index contributed by atoms with van der Waals surface area (Å²) in [5, 5.41) is 0. The molecule has 0 radical (unpaired) electrons. The van der Waals surface area contributed by atoms with Crippen LogP contribution < -0.4 is 15.4 Å². The molecule has 0 bridgehead atoms. The van der Waals surface area contributed by atoms with Gasteiger partial charge >= 0.3 is 0 Å². The van der Waals surface area contributed by atoms with E-state index in [1.165, 1.54) is 13.1 Å². The predicted octanol–water partition coefficient (Wildman–Crippen LogP) is 1.21. The number of rotatable bonds is 8. The van der Waals surface area contributed by atoms with Gasteiger partial charge in [0.05, 0.1) is 18.8 Å². The summed E-state index contributed by atoms with van der Waals surface area (Å²) in [6.45, 7) is 2.74. The number of ether oxygens (including phenoxy) is 1. The molecule has 0 unspecified atom stereocenters. The summed E-state index contributed by atoms with van der Waals surface area (Å²) < 4.78 is 5.71. The molecule has 0 aliphatic rings. The highest BCUT2D eigenvalue weighted by Gasteiger charge is 2.09. The first-order valence-electron chi connectivity index (χ1n) is 8.15. The summed E-state index contributed by atoms with van der Waals surface area (Å²) in [5.74, 6) is 1.22. The van der Waals surface area contributed by atoms with E-state index >= 15 is 0 Å². The van der Waals surface area contributed by atoms with Gasteiger partial charge in [0.1, 0.15) is 5.75 Å². The molecule has 2 amide bonds. The molecule has 2 aromatic rings. The predicted molar refractivity (Wildman–Crippen MR) is 98.0 cm³/mol. The number of likely N-dealkylation sites (N-methyl/N-ethyl adjacent to an activating group) is 2. The highest BCUT2D eigenvalue weighted by molar-refractivity contribution is 5.76. The van der Waals surface area contributed by atoms with E-state index in [4.69, 9.17) is 10.5 Å². The van der Waals surface area contributed by atoms with Crippen molar-refractivity contribution in [2.75, 3.05) is 32.1 Å². The number of aromatic nitrogens is 2. The molecule has 26 heavy (non-hydrogen) atoms. The summed E-state index contributed by atoms with van der Waals surface area (Å²) in [6.07, 6.45) is 3.35. The molecule has 0 aliphatic heterocycles. The van der Waals surface area contributed by atoms with E-state index in [0.717, 1.165) is 5.56 Å². The molecule has 1 aromatic heterocycles. The lowest BCUT2D eigenvalue weighted by Gasteiger charge is -2.22. The number of hydrogen-bond acceptors (Lipinski definition) is 6. The van der Waals surface area contributed by atoms with E-state index in [1.54, 1.807) is 42.4 Å². The first-order valence-corrected chi connectivity index (χ1v) is 8.15. The Bertz CT molecular complexity index is 764. The largest absolute Gasteiger partial charge is 0.437 e. The van der Waals surface area contributed by atoms with Gasteiger partial charge in [0.2, 0.25) is 17.7 Å². The molecule has 0 aliphatic carbocycles. The number of benzene rings is 1. The van der Waals surface area contributed by atoms with Crippen LogP contribution in [-0.4, -0.2) is 53.9 Å². The number of primary amides is 1. The first-order chi connectivity index (χ1) is 12.3. The van der Waals surface area contributed by atoms with Gasteiger partial charge in [-0.25, -0.2) is 0 Å².